The van der Waals surface area contributed by atoms with Crippen molar-refractivity contribution in [3.8, 4) is 18.2 Å². The van der Waals surface area contributed by atoms with Gasteiger partial charge in [-0.3, -0.25) is 4.79 Å². The third-order valence-electron chi connectivity index (χ3n) is 5.43. The summed E-state index contributed by atoms with van der Waals surface area (Å²) in [7, 11) is 3.45. The first-order chi connectivity index (χ1) is 14.3. The van der Waals surface area contributed by atoms with E-state index >= 15 is 0 Å². The number of hydrogen-bond donors (Lipinski definition) is 0. The number of carbonyl (C=O) groups is 1. The second kappa shape index (κ2) is 9.00. The van der Waals surface area contributed by atoms with Crippen LogP contribution < -0.4 is 4.74 Å². The zero-order chi connectivity index (χ0) is 21.8. The second-order valence-electron chi connectivity index (χ2n) is 7.57. The number of aromatic nitrogens is 3. The van der Waals surface area contributed by atoms with E-state index in [1.54, 1.807) is 16.7 Å². The maximum absolute atomic E-state index is 13.0. The first-order valence-corrected chi connectivity index (χ1v) is 9.99. The minimum Gasteiger partial charge on any atom is -0.479 e. The number of carbonyl (C=O) groups excluding carboxylic acids is 1. The molecular weight excluding hydrogens is 376 g/mol. The van der Waals surface area contributed by atoms with E-state index < -0.39 is 0 Å². The first-order valence-electron chi connectivity index (χ1n) is 9.99. The van der Waals surface area contributed by atoms with Crippen molar-refractivity contribution in [2.45, 2.75) is 40.2 Å². The molecule has 2 heterocycles. The van der Waals surface area contributed by atoms with Crippen LogP contribution in [-0.4, -0.2) is 39.2 Å². The molecule has 156 valence electrons. The molecule has 0 spiro atoms. The molecule has 30 heavy (non-hydrogen) atoms. The molecule has 0 atom stereocenters. The Morgan fingerprint density at radius 1 is 1.23 bits per heavy atom. The molecule has 0 saturated heterocycles. The van der Waals surface area contributed by atoms with Gasteiger partial charge in [0.25, 0.3) is 0 Å². The molecule has 2 aromatic heterocycles. The summed E-state index contributed by atoms with van der Waals surface area (Å²) < 4.78 is 7.15. The van der Waals surface area contributed by atoms with E-state index in [0.29, 0.717) is 31.8 Å². The molecule has 1 aromatic carbocycles. The first kappa shape index (κ1) is 21.4. The van der Waals surface area contributed by atoms with Crippen LogP contribution in [0.25, 0.3) is 11.0 Å². The number of ether oxygens (including phenoxy) is 1. The molecule has 6 nitrogen and oxygen atoms in total. The van der Waals surface area contributed by atoms with Crippen LogP contribution in [0.5, 0.6) is 5.88 Å². The van der Waals surface area contributed by atoms with Crippen molar-refractivity contribution in [2.75, 3.05) is 13.7 Å². The fourth-order valence-corrected chi connectivity index (χ4v) is 3.75. The number of fused-ring (bicyclic) bond motifs is 1. The highest BCUT2D eigenvalue weighted by molar-refractivity contribution is 5.86. The number of methoxy groups -OCH3 is 1. The Morgan fingerprint density at radius 3 is 2.57 bits per heavy atom. The van der Waals surface area contributed by atoms with Gasteiger partial charge in [-0.05, 0) is 43.9 Å². The van der Waals surface area contributed by atoms with Crippen LogP contribution in [0.2, 0.25) is 0 Å². The Bertz CT molecular complexity index is 1110. The highest BCUT2D eigenvalue weighted by Crippen LogP contribution is 2.30. The Hall–Kier alpha value is -3.33. The van der Waals surface area contributed by atoms with E-state index in [-0.39, 0.29) is 5.91 Å². The number of terminal acetylenes is 1. The van der Waals surface area contributed by atoms with Crippen molar-refractivity contribution >= 4 is 16.9 Å². The van der Waals surface area contributed by atoms with E-state index in [0.717, 1.165) is 33.4 Å². The molecular formula is C24H28N4O2. The van der Waals surface area contributed by atoms with Gasteiger partial charge >= 0.3 is 0 Å². The molecule has 3 rings (SSSR count). The molecule has 0 radical (unpaired) electrons. The van der Waals surface area contributed by atoms with Gasteiger partial charge in [0.2, 0.25) is 11.8 Å². The highest BCUT2D eigenvalue weighted by Gasteiger charge is 2.20. The molecule has 0 aliphatic carbocycles. The zero-order valence-corrected chi connectivity index (χ0v) is 18.3. The summed E-state index contributed by atoms with van der Waals surface area (Å²) in [6, 6.07) is 8.16. The third kappa shape index (κ3) is 4.30. The summed E-state index contributed by atoms with van der Waals surface area (Å²) in [4.78, 5) is 19.4. The summed E-state index contributed by atoms with van der Waals surface area (Å²) in [6.45, 7) is 6.85. The Kier molecular flexibility index (Phi) is 6.41. The summed E-state index contributed by atoms with van der Waals surface area (Å²) in [6.07, 6.45) is 6.48. The Labute approximate surface area is 177 Å². The largest absolute Gasteiger partial charge is 0.479 e. The number of pyridine rings is 1. The van der Waals surface area contributed by atoms with E-state index in [4.69, 9.17) is 16.1 Å². The van der Waals surface area contributed by atoms with E-state index in [1.807, 2.05) is 52.1 Å². The average Bonchev–Trinajstić information content (AvgIpc) is 3.04. The number of rotatable bonds is 7. The molecule has 0 aliphatic rings. The number of hydrogen-bond acceptors (Lipinski definition) is 4. The normalized spacial score (nSPS) is 10.8. The summed E-state index contributed by atoms with van der Waals surface area (Å²) in [5, 5.41) is 5.28. The predicted molar refractivity (Wildman–Crippen MR) is 118 cm³/mol. The molecule has 1 amide bonds. The van der Waals surface area contributed by atoms with Crippen molar-refractivity contribution in [3.05, 3.63) is 52.2 Å². The van der Waals surface area contributed by atoms with Gasteiger partial charge in [-0.15, -0.1) is 11.5 Å². The molecule has 0 saturated carbocycles. The van der Waals surface area contributed by atoms with E-state index in [2.05, 4.69) is 11.0 Å². The number of benzene rings is 1. The average molecular weight is 405 g/mol. The predicted octanol–water partition coefficient (Wildman–Crippen LogP) is 3.50. The van der Waals surface area contributed by atoms with Crippen LogP contribution in [0, 0.1) is 33.1 Å². The van der Waals surface area contributed by atoms with Crippen LogP contribution in [0.15, 0.2) is 24.3 Å². The molecule has 3 aromatic rings. The van der Waals surface area contributed by atoms with E-state index in [9.17, 15) is 4.79 Å². The molecule has 0 aliphatic heterocycles. The minimum atomic E-state index is 0.0329. The highest BCUT2D eigenvalue weighted by atomic mass is 16.5. The summed E-state index contributed by atoms with van der Waals surface area (Å²) in [5.41, 5.74) is 6.05. The van der Waals surface area contributed by atoms with Crippen LogP contribution >= 0.6 is 0 Å². The number of aryl methyl sites for hydroxylation is 4. The SMILES string of the molecule is C#CCN(Cc1ccc(C)cc1)C(=O)CCc1c(C)nc2c(c(OC)nn2C)c1C. The lowest BCUT2D eigenvalue weighted by molar-refractivity contribution is -0.131. The Morgan fingerprint density at radius 2 is 1.93 bits per heavy atom. The molecule has 6 heteroatoms. The van der Waals surface area contributed by atoms with Gasteiger partial charge in [0.05, 0.1) is 19.0 Å². The van der Waals surface area contributed by atoms with Crippen LogP contribution in [0.4, 0.5) is 0 Å². The van der Waals surface area contributed by atoms with Crippen molar-refractivity contribution < 1.29 is 9.53 Å². The van der Waals surface area contributed by atoms with Gasteiger partial charge in [0, 0.05) is 25.7 Å². The summed E-state index contributed by atoms with van der Waals surface area (Å²) >= 11 is 0. The zero-order valence-electron chi connectivity index (χ0n) is 18.3. The maximum atomic E-state index is 13.0. The smallest absolute Gasteiger partial charge is 0.242 e. The lowest BCUT2D eigenvalue weighted by atomic mass is 10.00. The monoisotopic (exact) mass is 404 g/mol. The van der Waals surface area contributed by atoms with Crippen molar-refractivity contribution in [3.63, 3.8) is 0 Å². The fraction of sp³-hybridized carbons (Fsp3) is 0.375. The van der Waals surface area contributed by atoms with Gasteiger partial charge in [0.1, 0.15) is 0 Å². The van der Waals surface area contributed by atoms with Gasteiger partial charge in [-0.1, -0.05) is 35.7 Å². The molecule has 0 bridgehead atoms. The van der Waals surface area contributed by atoms with Gasteiger partial charge in [-0.25, -0.2) is 9.67 Å². The van der Waals surface area contributed by atoms with Gasteiger partial charge in [0.15, 0.2) is 5.65 Å². The lowest BCUT2D eigenvalue weighted by Gasteiger charge is -2.21. The van der Waals surface area contributed by atoms with Crippen molar-refractivity contribution in [1.82, 2.24) is 19.7 Å². The molecule has 0 N–H and O–H groups in total. The van der Waals surface area contributed by atoms with Crippen LogP contribution in [0.1, 0.15) is 34.4 Å². The number of nitrogens with zero attached hydrogens (tertiary/aromatic N) is 4. The molecule has 0 fully saturated rings. The number of amides is 1. The van der Waals surface area contributed by atoms with Gasteiger partial charge < -0.3 is 9.64 Å². The standard InChI is InChI=1S/C24H28N4O2/c1-7-14-28(15-19-10-8-16(2)9-11-19)21(29)13-12-20-17(3)22-23(25-18(20)4)27(5)26-24(22)30-6/h1,8-11H,12-15H2,2-6H3. The minimum absolute atomic E-state index is 0.0329. The lowest BCUT2D eigenvalue weighted by Crippen LogP contribution is -2.31. The fourth-order valence-electron chi connectivity index (χ4n) is 3.75. The summed E-state index contributed by atoms with van der Waals surface area (Å²) in [5.74, 6) is 3.20. The Balaban J connectivity index is 1.80. The van der Waals surface area contributed by atoms with Crippen molar-refractivity contribution in [2.24, 2.45) is 7.05 Å². The van der Waals surface area contributed by atoms with E-state index in [1.165, 1.54) is 5.56 Å². The maximum Gasteiger partial charge on any atom is 0.242 e. The topological polar surface area (TPSA) is 60.3 Å². The van der Waals surface area contributed by atoms with Crippen LogP contribution in [-0.2, 0) is 24.8 Å². The second-order valence-corrected chi connectivity index (χ2v) is 7.57. The van der Waals surface area contributed by atoms with Crippen LogP contribution in [0.3, 0.4) is 0 Å². The quantitative estimate of drug-likeness (QED) is 0.566. The van der Waals surface area contributed by atoms with Gasteiger partial charge in [-0.2, -0.15) is 0 Å². The third-order valence-corrected chi connectivity index (χ3v) is 5.43. The van der Waals surface area contributed by atoms with Crippen molar-refractivity contribution in [1.29, 1.82) is 0 Å². The molecule has 0 unspecified atom stereocenters.